The van der Waals surface area contributed by atoms with Gasteiger partial charge in [-0.15, -0.1) is 0 Å². The summed E-state index contributed by atoms with van der Waals surface area (Å²) in [6.07, 6.45) is 4.49. The van der Waals surface area contributed by atoms with E-state index in [-0.39, 0.29) is 11.1 Å². The summed E-state index contributed by atoms with van der Waals surface area (Å²) in [5.41, 5.74) is 0. The minimum atomic E-state index is -0.465. The van der Waals surface area contributed by atoms with Crippen LogP contribution in [0, 0.1) is 0 Å². The van der Waals surface area contributed by atoms with Gasteiger partial charge in [0.1, 0.15) is 0 Å². The van der Waals surface area contributed by atoms with Gasteiger partial charge < -0.3 is 9.84 Å². The molecule has 0 bridgehead atoms. The second kappa shape index (κ2) is 5.46. The predicted molar refractivity (Wildman–Crippen MR) is 65.7 cm³/mol. The van der Waals surface area contributed by atoms with Crippen LogP contribution in [0.2, 0.25) is 18.1 Å². The fourth-order valence-corrected chi connectivity index (χ4v) is 2.65. The molecule has 0 aromatic rings. The first kappa shape index (κ1) is 13.2. The fraction of sp³-hybridized carbons (Fsp3) is 1.00. The molecule has 0 amide bonds. The monoisotopic (exact) mass is 229 g/mol. The number of hydrogen-bond donors (Lipinski definition) is 1. The van der Waals surface area contributed by atoms with E-state index in [1.54, 1.807) is 0 Å². The fourth-order valence-electron chi connectivity index (χ4n) is 1.87. The van der Waals surface area contributed by atoms with Gasteiger partial charge >= 0.3 is 0 Å². The summed E-state index contributed by atoms with van der Waals surface area (Å²) < 4.78 is 5.67. The smallest absolute Gasteiger partial charge is 0.0599 e. The van der Waals surface area contributed by atoms with Crippen molar-refractivity contribution >= 4 is 8.80 Å². The molecule has 0 aliphatic carbocycles. The van der Waals surface area contributed by atoms with Gasteiger partial charge in [-0.05, 0) is 30.7 Å². The molecule has 1 saturated heterocycles. The third-order valence-electron chi connectivity index (χ3n) is 3.88. The van der Waals surface area contributed by atoms with E-state index in [2.05, 4.69) is 26.9 Å². The lowest BCUT2D eigenvalue weighted by Crippen LogP contribution is -2.37. The van der Waals surface area contributed by atoms with Gasteiger partial charge in [0.15, 0.2) is 0 Å². The first-order chi connectivity index (χ1) is 6.94. The SMILES string of the molecule is C[Si](C)C(C)(C)C(O)CC1CCCCO1. The lowest BCUT2D eigenvalue weighted by Gasteiger charge is -2.36. The second-order valence-corrected chi connectivity index (χ2v) is 8.75. The van der Waals surface area contributed by atoms with Gasteiger partial charge in [-0.1, -0.05) is 26.9 Å². The molecule has 2 atom stereocenters. The summed E-state index contributed by atoms with van der Waals surface area (Å²) in [7, 11) is -0.465. The van der Waals surface area contributed by atoms with Crippen LogP contribution >= 0.6 is 0 Å². The van der Waals surface area contributed by atoms with Gasteiger partial charge in [0.05, 0.1) is 21.0 Å². The van der Waals surface area contributed by atoms with Crippen LogP contribution in [-0.2, 0) is 4.74 Å². The predicted octanol–water partition coefficient (Wildman–Crippen LogP) is 2.84. The van der Waals surface area contributed by atoms with Crippen LogP contribution in [0.4, 0.5) is 0 Å². The molecule has 0 saturated carbocycles. The lowest BCUT2D eigenvalue weighted by atomic mass is 9.96. The van der Waals surface area contributed by atoms with Crippen LogP contribution in [0.25, 0.3) is 0 Å². The normalized spacial score (nSPS) is 25.6. The van der Waals surface area contributed by atoms with E-state index in [1.807, 2.05) is 0 Å². The molecule has 2 unspecified atom stereocenters. The van der Waals surface area contributed by atoms with Crippen LogP contribution in [0.15, 0.2) is 0 Å². The van der Waals surface area contributed by atoms with E-state index in [4.69, 9.17) is 4.74 Å². The standard InChI is InChI=1S/C12H25O2Si/c1-12(2,15(3)4)11(13)9-10-7-5-6-8-14-10/h10-11,13H,5-9H2,1-4H3. The highest BCUT2D eigenvalue weighted by atomic mass is 28.3. The average molecular weight is 229 g/mol. The Kier molecular flexibility index (Phi) is 4.81. The van der Waals surface area contributed by atoms with Crippen LogP contribution in [0.5, 0.6) is 0 Å². The van der Waals surface area contributed by atoms with Gasteiger partial charge in [-0.2, -0.15) is 0 Å². The average Bonchev–Trinajstić information content (AvgIpc) is 2.18. The Labute approximate surface area is 95.6 Å². The van der Waals surface area contributed by atoms with Crippen LogP contribution in [0.3, 0.4) is 0 Å². The van der Waals surface area contributed by atoms with Crippen molar-refractivity contribution in [3.8, 4) is 0 Å². The minimum absolute atomic E-state index is 0.0888. The maximum absolute atomic E-state index is 10.2. The number of aliphatic hydroxyl groups excluding tert-OH is 1. The Hall–Kier alpha value is 0.137. The Morgan fingerprint density at radius 3 is 2.53 bits per heavy atom. The Balaban J connectivity index is 2.42. The zero-order chi connectivity index (χ0) is 11.5. The highest BCUT2D eigenvalue weighted by Crippen LogP contribution is 2.36. The van der Waals surface area contributed by atoms with Crippen molar-refractivity contribution in [1.29, 1.82) is 0 Å². The van der Waals surface area contributed by atoms with E-state index in [1.165, 1.54) is 12.8 Å². The zero-order valence-corrected chi connectivity index (χ0v) is 11.5. The van der Waals surface area contributed by atoms with Gasteiger partial charge in [0, 0.05) is 6.61 Å². The Morgan fingerprint density at radius 1 is 1.40 bits per heavy atom. The van der Waals surface area contributed by atoms with Gasteiger partial charge in [-0.25, -0.2) is 0 Å². The van der Waals surface area contributed by atoms with Crippen molar-refractivity contribution in [3.05, 3.63) is 0 Å². The minimum Gasteiger partial charge on any atom is -0.393 e. The highest BCUT2D eigenvalue weighted by Gasteiger charge is 2.34. The summed E-state index contributed by atoms with van der Waals surface area (Å²) in [4.78, 5) is 0. The lowest BCUT2D eigenvalue weighted by molar-refractivity contribution is -0.0224. The van der Waals surface area contributed by atoms with Gasteiger partial charge in [-0.3, -0.25) is 0 Å². The zero-order valence-electron chi connectivity index (χ0n) is 10.5. The molecule has 1 N–H and O–H groups in total. The van der Waals surface area contributed by atoms with Crippen molar-refractivity contribution in [1.82, 2.24) is 0 Å². The number of aliphatic hydroxyl groups is 1. The van der Waals surface area contributed by atoms with Gasteiger partial charge in [0.25, 0.3) is 0 Å². The summed E-state index contributed by atoms with van der Waals surface area (Å²) >= 11 is 0. The second-order valence-electron chi connectivity index (χ2n) is 5.46. The highest BCUT2D eigenvalue weighted by molar-refractivity contribution is 6.59. The van der Waals surface area contributed by atoms with E-state index in [0.717, 1.165) is 19.4 Å². The van der Waals surface area contributed by atoms with Crippen molar-refractivity contribution < 1.29 is 9.84 Å². The molecule has 89 valence electrons. The molecule has 2 nitrogen and oxygen atoms in total. The molecule has 3 heteroatoms. The van der Waals surface area contributed by atoms with Crippen molar-refractivity contribution in [2.45, 2.75) is 69.9 Å². The maximum Gasteiger partial charge on any atom is 0.0599 e. The Morgan fingerprint density at radius 2 is 2.07 bits per heavy atom. The van der Waals surface area contributed by atoms with Crippen LogP contribution < -0.4 is 0 Å². The molecule has 0 aromatic heterocycles. The van der Waals surface area contributed by atoms with E-state index in [0.29, 0.717) is 6.10 Å². The van der Waals surface area contributed by atoms with Crippen LogP contribution in [0.1, 0.15) is 39.5 Å². The summed E-state index contributed by atoms with van der Waals surface area (Å²) in [5.74, 6) is 0. The summed E-state index contributed by atoms with van der Waals surface area (Å²) in [6.45, 7) is 9.81. The molecule has 1 fully saturated rings. The first-order valence-electron chi connectivity index (χ1n) is 6.05. The molecule has 15 heavy (non-hydrogen) atoms. The maximum atomic E-state index is 10.2. The van der Waals surface area contributed by atoms with E-state index < -0.39 is 8.80 Å². The van der Waals surface area contributed by atoms with Gasteiger partial charge in [0.2, 0.25) is 0 Å². The molecule has 1 heterocycles. The van der Waals surface area contributed by atoms with Crippen molar-refractivity contribution in [3.63, 3.8) is 0 Å². The van der Waals surface area contributed by atoms with Crippen molar-refractivity contribution in [2.24, 2.45) is 0 Å². The number of ether oxygens (including phenoxy) is 1. The topological polar surface area (TPSA) is 29.5 Å². The van der Waals surface area contributed by atoms with Crippen molar-refractivity contribution in [2.75, 3.05) is 6.61 Å². The number of rotatable bonds is 4. The Bertz CT molecular complexity index is 186. The van der Waals surface area contributed by atoms with E-state index >= 15 is 0 Å². The molecular formula is C12H25O2Si. The third-order valence-corrected chi connectivity index (χ3v) is 6.79. The largest absolute Gasteiger partial charge is 0.393 e. The molecule has 1 rings (SSSR count). The molecule has 1 aliphatic heterocycles. The molecule has 1 aliphatic rings. The number of hydrogen-bond acceptors (Lipinski definition) is 2. The quantitative estimate of drug-likeness (QED) is 0.751. The summed E-state index contributed by atoms with van der Waals surface area (Å²) in [6, 6.07) is 0. The molecular weight excluding hydrogens is 204 g/mol. The first-order valence-corrected chi connectivity index (χ1v) is 8.55. The van der Waals surface area contributed by atoms with E-state index in [9.17, 15) is 5.11 Å². The molecule has 0 spiro atoms. The summed E-state index contributed by atoms with van der Waals surface area (Å²) in [5, 5.41) is 10.3. The molecule has 0 aromatic carbocycles. The molecule has 1 radical (unpaired) electrons. The van der Waals surface area contributed by atoms with Crippen LogP contribution in [-0.4, -0.2) is 32.7 Å². The third kappa shape index (κ3) is 3.57.